The third-order valence-electron chi connectivity index (χ3n) is 1.73. The lowest BCUT2D eigenvalue weighted by atomic mass is 9.94. The van der Waals surface area contributed by atoms with Crippen molar-refractivity contribution in [3.63, 3.8) is 0 Å². The number of β-lactam (4-membered cyclic amide) rings is 1. The molecule has 0 aromatic heterocycles. The predicted octanol–water partition coefficient (Wildman–Crippen LogP) is -0.497. The number of carbonyl (C=O) groups is 1. The summed E-state index contributed by atoms with van der Waals surface area (Å²) in [6.07, 6.45) is 0.585. The number of aliphatic hydroxyl groups is 1. The van der Waals surface area contributed by atoms with Crippen molar-refractivity contribution in [3.8, 4) is 0 Å². The molecule has 0 aromatic carbocycles. The molecule has 0 spiro atoms. The molecule has 1 fully saturated rings. The molecule has 1 aliphatic rings. The Kier molecular flexibility index (Phi) is 1.71. The van der Waals surface area contributed by atoms with Gasteiger partial charge in [0.05, 0.1) is 0 Å². The minimum absolute atomic E-state index is 0.0975. The smallest absolute Gasteiger partial charge is 0.222 e. The van der Waals surface area contributed by atoms with Crippen molar-refractivity contribution in [2.75, 3.05) is 6.61 Å². The molecule has 0 saturated carbocycles. The quantitative estimate of drug-likeness (QED) is 0.494. The van der Waals surface area contributed by atoms with Crippen LogP contribution in [0, 0.1) is 5.92 Å². The number of nitrogens with one attached hydrogen (secondary N) is 1. The molecule has 0 bridgehead atoms. The Bertz CT molecular complexity index is 116. The standard InChI is InChI=1S/C6H11NO2/c1-4(3-8)5-2-6(9)7-5/h4-5,8H,2-3H2,1H3,(H,7,9)/t4-,5-/m0/s1. The Morgan fingerprint density at radius 3 is 2.89 bits per heavy atom. The molecule has 0 aliphatic carbocycles. The van der Waals surface area contributed by atoms with Gasteiger partial charge < -0.3 is 10.4 Å². The van der Waals surface area contributed by atoms with Gasteiger partial charge in [-0.15, -0.1) is 0 Å². The van der Waals surface area contributed by atoms with Gasteiger partial charge in [-0.3, -0.25) is 4.79 Å². The lowest BCUT2D eigenvalue weighted by Gasteiger charge is -2.31. The summed E-state index contributed by atoms with van der Waals surface area (Å²) in [6.45, 7) is 2.08. The molecule has 9 heavy (non-hydrogen) atoms. The highest BCUT2D eigenvalue weighted by atomic mass is 16.3. The fourth-order valence-electron chi connectivity index (χ4n) is 0.856. The van der Waals surface area contributed by atoms with E-state index in [1.165, 1.54) is 0 Å². The van der Waals surface area contributed by atoms with E-state index in [4.69, 9.17) is 5.11 Å². The van der Waals surface area contributed by atoms with Crippen LogP contribution in [0.4, 0.5) is 0 Å². The lowest BCUT2D eigenvalue weighted by molar-refractivity contribution is -0.129. The Labute approximate surface area is 54.1 Å². The Hall–Kier alpha value is -0.570. The van der Waals surface area contributed by atoms with E-state index in [0.717, 1.165) is 0 Å². The Morgan fingerprint density at radius 1 is 2.00 bits per heavy atom. The average molecular weight is 129 g/mol. The number of hydrogen-bond donors (Lipinski definition) is 2. The highest BCUT2D eigenvalue weighted by Gasteiger charge is 2.29. The van der Waals surface area contributed by atoms with Crippen molar-refractivity contribution >= 4 is 5.91 Å². The second kappa shape index (κ2) is 2.35. The van der Waals surface area contributed by atoms with Gasteiger partial charge in [0.25, 0.3) is 0 Å². The summed E-state index contributed by atoms with van der Waals surface area (Å²) in [4.78, 5) is 10.3. The van der Waals surface area contributed by atoms with Gasteiger partial charge in [-0.2, -0.15) is 0 Å². The van der Waals surface area contributed by atoms with Crippen LogP contribution >= 0.6 is 0 Å². The fourth-order valence-corrected chi connectivity index (χ4v) is 0.856. The summed E-state index contributed by atoms with van der Waals surface area (Å²) in [5.41, 5.74) is 0. The van der Waals surface area contributed by atoms with Crippen LogP contribution in [0.2, 0.25) is 0 Å². The van der Waals surface area contributed by atoms with Crippen molar-refractivity contribution in [2.24, 2.45) is 5.92 Å². The first-order valence-electron chi connectivity index (χ1n) is 3.14. The van der Waals surface area contributed by atoms with Gasteiger partial charge in [-0.05, 0) is 5.92 Å². The van der Waals surface area contributed by atoms with E-state index in [1.807, 2.05) is 6.92 Å². The van der Waals surface area contributed by atoms with Crippen molar-refractivity contribution in [1.29, 1.82) is 0 Å². The Balaban J connectivity index is 2.23. The first kappa shape index (κ1) is 6.55. The molecule has 2 N–H and O–H groups in total. The summed E-state index contributed by atoms with van der Waals surface area (Å²) < 4.78 is 0. The molecule has 1 rings (SSSR count). The van der Waals surface area contributed by atoms with E-state index in [9.17, 15) is 4.79 Å². The van der Waals surface area contributed by atoms with Crippen LogP contribution in [-0.4, -0.2) is 23.7 Å². The highest BCUT2D eigenvalue weighted by molar-refractivity contribution is 5.82. The molecule has 52 valence electrons. The number of hydrogen-bond acceptors (Lipinski definition) is 2. The third-order valence-corrected chi connectivity index (χ3v) is 1.73. The van der Waals surface area contributed by atoms with E-state index in [0.29, 0.717) is 6.42 Å². The fraction of sp³-hybridized carbons (Fsp3) is 0.833. The molecule has 3 heteroatoms. The van der Waals surface area contributed by atoms with Crippen LogP contribution in [0.3, 0.4) is 0 Å². The Morgan fingerprint density at radius 2 is 2.56 bits per heavy atom. The van der Waals surface area contributed by atoms with Crippen LogP contribution < -0.4 is 5.32 Å². The minimum Gasteiger partial charge on any atom is -0.396 e. The molecular weight excluding hydrogens is 118 g/mol. The lowest BCUT2D eigenvalue weighted by Crippen LogP contribution is -2.52. The van der Waals surface area contributed by atoms with E-state index in [1.54, 1.807) is 0 Å². The third kappa shape index (κ3) is 1.21. The van der Waals surface area contributed by atoms with Gasteiger partial charge in [0, 0.05) is 19.1 Å². The first-order valence-corrected chi connectivity index (χ1v) is 3.14. The van der Waals surface area contributed by atoms with Gasteiger partial charge in [0.2, 0.25) is 5.91 Å². The van der Waals surface area contributed by atoms with E-state index in [-0.39, 0.29) is 24.5 Å². The minimum atomic E-state index is 0.0975. The first-order chi connectivity index (χ1) is 4.24. The molecule has 0 aromatic rings. The normalized spacial score (nSPS) is 28.7. The molecule has 1 saturated heterocycles. The van der Waals surface area contributed by atoms with E-state index in [2.05, 4.69) is 5.32 Å². The van der Waals surface area contributed by atoms with Gasteiger partial charge >= 0.3 is 0 Å². The van der Waals surface area contributed by atoms with Crippen molar-refractivity contribution in [3.05, 3.63) is 0 Å². The van der Waals surface area contributed by atoms with Gasteiger partial charge in [-0.1, -0.05) is 6.92 Å². The van der Waals surface area contributed by atoms with Crippen LogP contribution in [0.25, 0.3) is 0 Å². The largest absolute Gasteiger partial charge is 0.396 e. The number of carbonyl (C=O) groups excluding carboxylic acids is 1. The maximum absolute atomic E-state index is 10.3. The maximum atomic E-state index is 10.3. The van der Waals surface area contributed by atoms with E-state index < -0.39 is 0 Å². The van der Waals surface area contributed by atoms with Crippen molar-refractivity contribution in [2.45, 2.75) is 19.4 Å². The van der Waals surface area contributed by atoms with Crippen LogP contribution in [-0.2, 0) is 4.79 Å². The van der Waals surface area contributed by atoms with Crippen LogP contribution in [0.5, 0.6) is 0 Å². The van der Waals surface area contributed by atoms with Gasteiger partial charge in [0.15, 0.2) is 0 Å². The molecule has 0 radical (unpaired) electrons. The summed E-state index contributed by atoms with van der Waals surface area (Å²) in [7, 11) is 0. The molecule has 1 amide bonds. The molecule has 3 nitrogen and oxygen atoms in total. The van der Waals surface area contributed by atoms with Gasteiger partial charge in [-0.25, -0.2) is 0 Å². The summed E-state index contributed by atoms with van der Waals surface area (Å²) >= 11 is 0. The monoisotopic (exact) mass is 129 g/mol. The van der Waals surface area contributed by atoms with Crippen molar-refractivity contribution in [1.82, 2.24) is 5.32 Å². The van der Waals surface area contributed by atoms with Crippen molar-refractivity contribution < 1.29 is 9.90 Å². The molecular formula is C6H11NO2. The predicted molar refractivity (Wildman–Crippen MR) is 32.8 cm³/mol. The number of amides is 1. The molecule has 2 atom stereocenters. The summed E-state index contributed by atoms with van der Waals surface area (Å²) in [5, 5.41) is 11.3. The second-order valence-electron chi connectivity index (χ2n) is 2.54. The summed E-state index contributed by atoms with van der Waals surface area (Å²) in [5.74, 6) is 0.308. The maximum Gasteiger partial charge on any atom is 0.222 e. The zero-order valence-corrected chi connectivity index (χ0v) is 5.42. The SMILES string of the molecule is C[C@@H](CO)[C@@H]1CC(=O)N1. The highest BCUT2D eigenvalue weighted by Crippen LogP contribution is 2.13. The average Bonchev–Trinajstić information content (AvgIpc) is 1.79. The second-order valence-corrected chi connectivity index (χ2v) is 2.54. The van der Waals surface area contributed by atoms with E-state index >= 15 is 0 Å². The molecule has 1 heterocycles. The number of rotatable bonds is 2. The van der Waals surface area contributed by atoms with Crippen LogP contribution in [0.1, 0.15) is 13.3 Å². The zero-order chi connectivity index (χ0) is 6.85. The molecule has 1 aliphatic heterocycles. The summed E-state index contributed by atoms with van der Waals surface area (Å²) in [6, 6.07) is 0.225. The zero-order valence-electron chi connectivity index (χ0n) is 5.42. The van der Waals surface area contributed by atoms with Crippen LogP contribution in [0.15, 0.2) is 0 Å². The van der Waals surface area contributed by atoms with Gasteiger partial charge in [0.1, 0.15) is 0 Å². The topological polar surface area (TPSA) is 49.3 Å². The number of aliphatic hydroxyl groups excluding tert-OH is 1. The molecule has 0 unspecified atom stereocenters.